The Morgan fingerprint density at radius 3 is 2.48 bits per heavy atom. The number of nitrogens with zero attached hydrogens (tertiary/aromatic N) is 2. The molecule has 0 saturated heterocycles. The van der Waals surface area contributed by atoms with Crippen molar-refractivity contribution < 1.29 is 9.18 Å². The van der Waals surface area contributed by atoms with E-state index in [0.717, 1.165) is 11.1 Å². The first-order chi connectivity index (χ1) is 12.2. The fourth-order valence-corrected chi connectivity index (χ4v) is 2.67. The predicted octanol–water partition coefficient (Wildman–Crippen LogP) is 4.39. The number of anilines is 1. The monoisotopic (exact) mass is 334 g/mol. The van der Waals surface area contributed by atoms with Gasteiger partial charge in [-0.3, -0.25) is 9.78 Å². The lowest BCUT2D eigenvalue weighted by molar-refractivity contribution is -0.118. The van der Waals surface area contributed by atoms with Crippen molar-refractivity contribution in [2.75, 3.05) is 4.90 Å². The van der Waals surface area contributed by atoms with Crippen molar-refractivity contribution in [3.63, 3.8) is 0 Å². The summed E-state index contributed by atoms with van der Waals surface area (Å²) >= 11 is 0. The van der Waals surface area contributed by atoms with Gasteiger partial charge in [0.05, 0.1) is 6.54 Å². The van der Waals surface area contributed by atoms with E-state index < -0.39 is 0 Å². The normalized spacial score (nSPS) is 10.4. The summed E-state index contributed by atoms with van der Waals surface area (Å²) in [4.78, 5) is 18.5. The van der Waals surface area contributed by atoms with Gasteiger partial charge in [-0.05, 0) is 41.8 Å². The standard InChI is InChI=1S/C21H19FN2O/c22-19-9-4-10-20(14-19)24(16-18-8-5-13-23-15-18)21(25)12-11-17-6-2-1-3-7-17/h1-10,13-15H,11-12,16H2. The maximum absolute atomic E-state index is 13.6. The zero-order chi connectivity index (χ0) is 17.5. The number of rotatable bonds is 6. The van der Waals surface area contributed by atoms with Crippen molar-refractivity contribution in [1.29, 1.82) is 0 Å². The zero-order valence-corrected chi connectivity index (χ0v) is 13.8. The lowest BCUT2D eigenvalue weighted by Crippen LogP contribution is -2.30. The van der Waals surface area contributed by atoms with Crippen LogP contribution in [0.3, 0.4) is 0 Å². The highest BCUT2D eigenvalue weighted by molar-refractivity contribution is 5.93. The quantitative estimate of drug-likeness (QED) is 0.670. The summed E-state index contributed by atoms with van der Waals surface area (Å²) in [7, 11) is 0. The topological polar surface area (TPSA) is 33.2 Å². The number of aromatic nitrogens is 1. The van der Waals surface area contributed by atoms with Gasteiger partial charge in [-0.2, -0.15) is 0 Å². The summed E-state index contributed by atoms with van der Waals surface area (Å²) in [5, 5.41) is 0. The zero-order valence-electron chi connectivity index (χ0n) is 13.8. The van der Waals surface area contributed by atoms with Crippen LogP contribution in [0.2, 0.25) is 0 Å². The number of halogens is 1. The van der Waals surface area contributed by atoms with Gasteiger partial charge in [-0.25, -0.2) is 4.39 Å². The molecule has 0 spiro atoms. The minimum Gasteiger partial charge on any atom is -0.308 e. The predicted molar refractivity (Wildman–Crippen MR) is 96.6 cm³/mol. The van der Waals surface area contributed by atoms with Crippen LogP contribution < -0.4 is 4.90 Å². The molecule has 1 amide bonds. The Morgan fingerprint density at radius 1 is 0.960 bits per heavy atom. The van der Waals surface area contributed by atoms with E-state index in [1.54, 1.807) is 29.4 Å². The Bertz CT molecular complexity index is 822. The lowest BCUT2D eigenvalue weighted by Gasteiger charge is -2.23. The number of carbonyl (C=O) groups excluding carboxylic acids is 1. The van der Waals surface area contributed by atoms with Crippen molar-refractivity contribution in [3.05, 3.63) is 96.1 Å². The largest absolute Gasteiger partial charge is 0.308 e. The molecule has 0 radical (unpaired) electrons. The van der Waals surface area contributed by atoms with E-state index in [9.17, 15) is 9.18 Å². The number of amides is 1. The summed E-state index contributed by atoms with van der Waals surface area (Å²) in [6.45, 7) is 0.366. The third-order valence-electron chi connectivity index (χ3n) is 3.95. The highest BCUT2D eigenvalue weighted by Crippen LogP contribution is 2.20. The maximum atomic E-state index is 13.6. The van der Waals surface area contributed by atoms with Gasteiger partial charge in [0.25, 0.3) is 0 Å². The first-order valence-corrected chi connectivity index (χ1v) is 8.21. The molecule has 0 saturated carbocycles. The fourth-order valence-electron chi connectivity index (χ4n) is 2.67. The molecule has 4 heteroatoms. The van der Waals surface area contributed by atoms with Crippen molar-refractivity contribution in [1.82, 2.24) is 4.98 Å². The van der Waals surface area contributed by atoms with Crippen LogP contribution in [0.5, 0.6) is 0 Å². The molecule has 126 valence electrons. The summed E-state index contributed by atoms with van der Waals surface area (Å²) in [6, 6.07) is 19.7. The Hall–Kier alpha value is -3.01. The van der Waals surface area contributed by atoms with E-state index in [1.807, 2.05) is 42.5 Å². The highest BCUT2D eigenvalue weighted by atomic mass is 19.1. The molecule has 2 aromatic carbocycles. The van der Waals surface area contributed by atoms with Crippen LogP contribution in [0.4, 0.5) is 10.1 Å². The highest BCUT2D eigenvalue weighted by Gasteiger charge is 2.17. The maximum Gasteiger partial charge on any atom is 0.227 e. The van der Waals surface area contributed by atoms with Gasteiger partial charge in [0.2, 0.25) is 5.91 Å². The molecule has 0 unspecified atom stereocenters. The van der Waals surface area contributed by atoms with Gasteiger partial charge in [-0.1, -0.05) is 42.5 Å². The van der Waals surface area contributed by atoms with Gasteiger partial charge >= 0.3 is 0 Å². The molecular weight excluding hydrogens is 315 g/mol. The molecule has 0 aliphatic rings. The van der Waals surface area contributed by atoms with Crippen LogP contribution in [0.1, 0.15) is 17.5 Å². The number of hydrogen-bond donors (Lipinski definition) is 0. The van der Waals surface area contributed by atoms with Crippen LogP contribution in [0.25, 0.3) is 0 Å². The third-order valence-corrected chi connectivity index (χ3v) is 3.95. The summed E-state index contributed by atoms with van der Waals surface area (Å²) < 4.78 is 13.6. The van der Waals surface area contributed by atoms with Gasteiger partial charge in [0.1, 0.15) is 5.82 Å². The summed E-state index contributed by atoms with van der Waals surface area (Å²) in [6.07, 6.45) is 4.42. The number of hydrogen-bond acceptors (Lipinski definition) is 2. The number of pyridine rings is 1. The van der Waals surface area contributed by atoms with Gasteiger partial charge in [-0.15, -0.1) is 0 Å². The van der Waals surface area contributed by atoms with Crippen molar-refractivity contribution in [2.24, 2.45) is 0 Å². The van der Waals surface area contributed by atoms with Crippen LogP contribution >= 0.6 is 0 Å². The van der Waals surface area contributed by atoms with Crippen molar-refractivity contribution >= 4 is 11.6 Å². The van der Waals surface area contributed by atoms with E-state index in [4.69, 9.17) is 0 Å². The smallest absolute Gasteiger partial charge is 0.227 e. The Morgan fingerprint density at radius 2 is 1.76 bits per heavy atom. The molecule has 0 aliphatic carbocycles. The van der Waals surface area contributed by atoms with Crippen LogP contribution in [-0.2, 0) is 17.8 Å². The molecule has 0 aliphatic heterocycles. The second kappa shape index (κ2) is 8.20. The second-order valence-electron chi connectivity index (χ2n) is 5.81. The van der Waals surface area contributed by atoms with Gasteiger partial charge < -0.3 is 4.90 Å². The van der Waals surface area contributed by atoms with Crippen molar-refractivity contribution in [2.45, 2.75) is 19.4 Å². The Balaban J connectivity index is 1.78. The average Bonchev–Trinajstić information content (AvgIpc) is 2.66. The fraction of sp³-hybridized carbons (Fsp3) is 0.143. The molecule has 0 N–H and O–H groups in total. The molecule has 1 aromatic heterocycles. The molecule has 3 nitrogen and oxygen atoms in total. The minimum absolute atomic E-state index is 0.0432. The third kappa shape index (κ3) is 4.73. The number of aryl methyl sites for hydroxylation is 1. The molecule has 1 heterocycles. The van der Waals surface area contributed by atoms with E-state index in [-0.39, 0.29) is 11.7 Å². The SMILES string of the molecule is O=C(CCc1ccccc1)N(Cc1cccnc1)c1cccc(F)c1. The van der Waals surface area contributed by atoms with E-state index in [1.165, 1.54) is 12.1 Å². The van der Waals surface area contributed by atoms with Gasteiger partial charge in [0.15, 0.2) is 0 Å². The van der Waals surface area contributed by atoms with E-state index in [0.29, 0.717) is 25.1 Å². The summed E-state index contributed by atoms with van der Waals surface area (Å²) in [5.41, 5.74) is 2.57. The molecule has 0 bridgehead atoms. The first kappa shape index (κ1) is 16.8. The van der Waals surface area contributed by atoms with Crippen LogP contribution in [0, 0.1) is 5.82 Å². The Labute approximate surface area is 146 Å². The molecule has 0 fully saturated rings. The second-order valence-corrected chi connectivity index (χ2v) is 5.81. The molecule has 25 heavy (non-hydrogen) atoms. The number of benzene rings is 2. The lowest BCUT2D eigenvalue weighted by atomic mass is 10.1. The van der Waals surface area contributed by atoms with Crippen LogP contribution in [0.15, 0.2) is 79.1 Å². The molecule has 3 aromatic rings. The molecular formula is C21H19FN2O. The molecule has 0 atom stereocenters. The van der Waals surface area contributed by atoms with Gasteiger partial charge in [0, 0.05) is 24.5 Å². The summed E-state index contributed by atoms with van der Waals surface area (Å²) in [5.74, 6) is -0.400. The van der Waals surface area contributed by atoms with Crippen molar-refractivity contribution in [3.8, 4) is 0 Å². The van der Waals surface area contributed by atoms with E-state index >= 15 is 0 Å². The first-order valence-electron chi connectivity index (χ1n) is 8.21. The molecule has 3 rings (SSSR count). The average molecular weight is 334 g/mol. The number of carbonyl (C=O) groups is 1. The van der Waals surface area contributed by atoms with Crippen LogP contribution in [-0.4, -0.2) is 10.9 Å². The van der Waals surface area contributed by atoms with E-state index in [2.05, 4.69) is 4.98 Å². The Kier molecular flexibility index (Phi) is 5.52. The minimum atomic E-state index is -0.357.